The Morgan fingerprint density at radius 1 is 1.00 bits per heavy atom. The molecule has 146 valence electrons. The number of nitro benzene ring substituents is 1. The number of ether oxygens (including phenoxy) is 1. The van der Waals surface area contributed by atoms with Crippen LogP contribution in [-0.2, 0) is 4.79 Å². The van der Waals surface area contributed by atoms with Crippen LogP contribution in [0.1, 0.15) is 27.5 Å². The molecule has 0 aliphatic carbocycles. The Morgan fingerprint density at radius 2 is 1.59 bits per heavy atom. The van der Waals surface area contributed by atoms with Crippen LogP contribution in [0.3, 0.4) is 0 Å². The molecule has 0 bridgehead atoms. The van der Waals surface area contributed by atoms with Crippen LogP contribution in [0.2, 0.25) is 0 Å². The molecule has 0 unspecified atom stereocenters. The summed E-state index contributed by atoms with van der Waals surface area (Å²) in [7, 11) is 0. The van der Waals surface area contributed by atoms with E-state index in [4.69, 9.17) is 4.74 Å². The van der Waals surface area contributed by atoms with Crippen molar-refractivity contribution in [1.29, 1.82) is 0 Å². The van der Waals surface area contributed by atoms with E-state index in [1.54, 1.807) is 0 Å². The molecule has 0 aliphatic heterocycles. The topological polar surface area (TPSA) is 98.5 Å². The number of rotatable bonds is 8. The summed E-state index contributed by atoms with van der Waals surface area (Å²) in [5.41, 5.74) is 1.61. The van der Waals surface area contributed by atoms with E-state index in [1.807, 2.05) is 60.7 Å². The van der Waals surface area contributed by atoms with Crippen molar-refractivity contribution >= 4 is 17.9 Å². The summed E-state index contributed by atoms with van der Waals surface area (Å²) >= 11 is 0. The van der Waals surface area contributed by atoms with Crippen molar-refractivity contribution in [3.8, 4) is 5.75 Å². The second-order valence-electron chi connectivity index (χ2n) is 6.21. The van der Waals surface area contributed by atoms with Crippen LogP contribution < -0.4 is 10.1 Å². The summed E-state index contributed by atoms with van der Waals surface area (Å²) in [6.45, 7) is -0.338. The average Bonchev–Trinajstić information content (AvgIpc) is 2.77. The first-order chi connectivity index (χ1) is 14.1. The van der Waals surface area contributed by atoms with Crippen molar-refractivity contribution in [1.82, 2.24) is 5.32 Å². The molecule has 0 spiro atoms. The fourth-order valence-corrected chi connectivity index (χ4v) is 2.87. The fraction of sp³-hybridized carbons (Fsp3) is 0.0909. The van der Waals surface area contributed by atoms with E-state index in [-0.39, 0.29) is 29.6 Å². The van der Waals surface area contributed by atoms with Crippen molar-refractivity contribution in [2.45, 2.75) is 6.04 Å². The lowest BCUT2D eigenvalue weighted by Crippen LogP contribution is -2.33. The smallest absolute Gasteiger partial charge is 0.270 e. The number of carbonyl (C=O) groups is 2. The molecule has 3 rings (SSSR count). The number of non-ortho nitro benzene ring substituents is 1. The van der Waals surface area contributed by atoms with Crippen LogP contribution in [0.15, 0.2) is 78.9 Å². The first kappa shape index (κ1) is 19.8. The Hall–Kier alpha value is -4.00. The molecule has 0 aromatic heterocycles. The predicted molar refractivity (Wildman–Crippen MR) is 107 cm³/mol. The summed E-state index contributed by atoms with van der Waals surface area (Å²) in [5.74, 6) is -0.283. The highest BCUT2D eigenvalue weighted by molar-refractivity contribution is 5.82. The third-order valence-corrected chi connectivity index (χ3v) is 4.26. The highest BCUT2D eigenvalue weighted by atomic mass is 16.6. The normalized spacial score (nSPS) is 10.4. The molecule has 0 saturated carbocycles. The molecular formula is C22H18N2O5. The molecule has 1 amide bonds. The molecule has 29 heavy (non-hydrogen) atoms. The van der Waals surface area contributed by atoms with Gasteiger partial charge in [0.05, 0.1) is 16.5 Å². The van der Waals surface area contributed by atoms with Gasteiger partial charge in [-0.25, -0.2) is 0 Å². The number of hydrogen-bond donors (Lipinski definition) is 1. The lowest BCUT2D eigenvalue weighted by atomic mass is 9.99. The molecule has 7 heteroatoms. The van der Waals surface area contributed by atoms with Crippen molar-refractivity contribution < 1.29 is 19.2 Å². The minimum atomic E-state index is -0.603. The van der Waals surface area contributed by atoms with Gasteiger partial charge in [0.25, 0.3) is 11.6 Å². The van der Waals surface area contributed by atoms with Crippen molar-refractivity contribution in [2.75, 3.05) is 6.61 Å². The first-order valence-electron chi connectivity index (χ1n) is 8.84. The summed E-state index contributed by atoms with van der Waals surface area (Å²) in [5, 5.41) is 13.7. The molecule has 0 fully saturated rings. The Kier molecular flexibility index (Phi) is 6.32. The molecule has 7 nitrogen and oxygen atoms in total. The summed E-state index contributed by atoms with van der Waals surface area (Å²) in [6, 6.07) is 22.3. The average molecular weight is 390 g/mol. The van der Waals surface area contributed by atoms with E-state index in [0.717, 1.165) is 17.2 Å². The number of nitrogens with one attached hydrogen (secondary N) is 1. The van der Waals surface area contributed by atoms with Crippen molar-refractivity contribution in [3.63, 3.8) is 0 Å². The zero-order valence-electron chi connectivity index (χ0n) is 15.4. The second kappa shape index (κ2) is 9.27. The van der Waals surface area contributed by atoms with Gasteiger partial charge in [0.15, 0.2) is 12.9 Å². The number of hydrogen-bond acceptors (Lipinski definition) is 5. The van der Waals surface area contributed by atoms with Crippen LogP contribution >= 0.6 is 0 Å². The van der Waals surface area contributed by atoms with E-state index >= 15 is 0 Å². The van der Waals surface area contributed by atoms with Crippen LogP contribution in [0.4, 0.5) is 5.69 Å². The van der Waals surface area contributed by atoms with Gasteiger partial charge < -0.3 is 10.1 Å². The van der Waals surface area contributed by atoms with Gasteiger partial charge in [0.2, 0.25) is 0 Å². The van der Waals surface area contributed by atoms with Gasteiger partial charge in [-0.1, -0.05) is 60.7 Å². The zero-order valence-corrected chi connectivity index (χ0v) is 15.4. The molecule has 0 heterocycles. The van der Waals surface area contributed by atoms with Gasteiger partial charge in [-0.3, -0.25) is 19.7 Å². The Balaban J connectivity index is 1.73. The highest BCUT2D eigenvalue weighted by Gasteiger charge is 2.18. The number of nitro groups is 1. The minimum absolute atomic E-state index is 0.00895. The van der Waals surface area contributed by atoms with Crippen LogP contribution in [0, 0.1) is 10.1 Å². The molecule has 0 saturated heterocycles. The lowest BCUT2D eigenvalue weighted by molar-refractivity contribution is -0.384. The lowest BCUT2D eigenvalue weighted by Gasteiger charge is -2.20. The number of carbonyl (C=O) groups excluding carboxylic acids is 2. The SMILES string of the molecule is O=Cc1cc([N+](=O)[O-])ccc1OCC(=O)NC(c1ccccc1)c1ccccc1. The number of nitrogens with zero attached hydrogens (tertiary/aromatic N) is 1. The van der Waals surface area contributed by atoms with Gasteiger partial charge in [0, 0.05) is 12.1 Å². The van der Waals surface area contributed by atoms with Gasteiger partial charge in [-0.15, -0.1) is 0 Å². The maximum atomic E-state index is 12.5. The molecule has 3 aromatic carbocycles. The zero-order chi connectivity index (χ0) is 20.6. The van der Waals surface area contributed by atoms with Crippen LogP contribution in [-0.4, -0.2) is 23.7 Å². The highest BCUT2D eigenvalue weighted by Crippen LogP contribution is 2.24. The summed E-state index contributed by atoms with van der Waals surface area (Å²) in [6.07, 6.45) is 0.455. The van der Waals surface area contributed by atoms with Crippen molar-refractivity contribution in [2.24, 2.45) is 0 Å². The van der Waals surface area contributed by atoms with Gasteiger partial charge in [-0.2, -0.15) is 0 Å². The second-order valence-corrected chi connectivity index (χ2v) is 6.21. The van der Waals surface area contributed by atoms with Gasteiger partial charge >= 0.3 is 0 Å². The number of aldehydes is 1. The van der Waals surface area contributed by atoms with Crippen LogP contribution in [0.5, 0.6) is 5.75 Å². The van der Waals surface area contributed by atoms with E-state index in [2.05, 4.69) is 5.32 Å². The molecular weight excluding hydrogens is 372 g/mol. The van der Waals surface area contributed by atoms with E-state index < -0.39 is 10.8 Å². The van der Waals surface area contributed by atoms with E-state index in [1.165, 1.54) is 12.1 Å². The number of benzene rings is 3. The van der Waals surface area contributed by atoms with E-state index in [0.29, 0.717) is 6.29 Å². The maximum Gasteiger partial charge on any atom is 0.270 e. The maximum absolute atomic E-state index is 12.5. The largest absolute Gasteiger partial charge is 0.483 e. The quantitative estimate of drug-likeness (QED) is 0.359. The Labute approximate surface area is 167 Å². The predicted octanol–water partition coefficient (Wildman–Crippen LogP) is 3.69. The minimum Gasteiger partial charge on any atom is -0.483 e. The van der Waals surface area contributed by atoms with Crippen molar-refractivity contribution in [3.05, 3.63) is 106 Å². The van der Waals surface area contributed by atoms with Crippen LogP contribution in [0.25, 0.3) is 0 Å². The Bertz CT molecular complexity index is 967. The monoisotopic (exact) mass is 390 g/mol. The third kappa shape index (κ3) is 5.04. The van der Waals surface area contributed by atoms with Gasteiger partial charge in [0.1, 0.15) is 5.75 Å². The molecule has 1 N–H and O–H groups in total. The Morgan fingerprint density at radius 3 is 2.10 bits per heavy atom. The fourth-order valence-electron chi connectivity index (χ4n) is 2.87. The van der Waals surface area contributed by atoms with Gasteiger partial charge in [-0.05, 0) is 17.2 Å². The molecule has 0 atom stereocenters. The third-order valence-electron chi connectivity index (χ3n) is 4.26. The first-order valence-corrected chi connectivity index (χ1v) is 8.84. The van der Waals surface area contributed by atoms with E-state index in [9.17, 15) is 19.7 Å². The molecule has 0 aliphatic rings. The summed E-state index contributed by atoms with van der Waals surface area (Å²) < 4.78 is 5.43. The summed E-state index contributed by atoms with van der Waals surface area (Å²) in [4.78, 5) is 33.9. The number of amides is 1. The standard InChI is InChI=1S/C22H18N2O5/c25-14-18-13-19(24(27)28)11-12-20(18)29-15-21(26)23-22(16-7-3-1-4-8-16)17-9-5-2-6-10-17/h1-14,22H,15H2,(H,23,26). The molecule has 3 aromatic rings. The molecule has 0 radical (unpaired) electrons.